The molecule has 0 unspecified atom stereocenters. The van der Waals surface area contributed by atoms with E-state index in [2.05, 4.69) is 6.92 Å². The molecule has 0 atom stereocenters. The third-order valence-corrected chi connectivity index (χ3v) is 8.14. The molecule has 1 saturated carbocycles. The summed E-state index contributed by atoms with van der Waals surface area (Å²) < 4.78 is 12.0. The van der Waals surface area contributed by atoms with Gasteiger partial charge in [-0.3, -0.25) is 9.69 Å². The summed E-state index contributed by atoms with van der Waals surface area (Å²) in [6.45, 7) is 4.92. The lowest BCUT2D eigenvalue weighted by Crippen LogP contribution is -2.40. The largest absolute Gasteiger partial charge is 0.490 e. The number of thioether (sulfide) groups is 1. The van der Waals surface area contributed by atoms with Gasteiger partial charge in [-0.1, -0.05) is 66.8 Å². The van der Waals surface area contributed by atoms with Crippen molar-refractivity contribution >= 4 is 46.2 Å². The second kappa shape index (κ2) is 12.8. The molecule has 0 N–H and O–H groups in total. The molecule has 0 bridgehead atoms. The Morgan fingerprint density at radius 3 is 2.44 bits per heavy atom. The molecular weight excluding hydrogens is 528 g/mol. The number of carbonyl (C=O) groups excluding carboxylic acids is 1. The van der Waals surface area contributed by atoms with Crippen LogP contribution in [0.5, 0.6) is 11.5 Å². The highest BCUT2D eigenvalue weighted by molar-refractivity contribution is 8.18. The molecule has 5 nitrogen and oxygen atoms in total. The summed E-state index contributed by atoms with van der Waals surface area (Å²) in [6, 6.07) is 21.7. The first kappa shape index (κ1) is 27.4. The zero-order chi connectivity index (χ0) is 27.2. The van der Waals surface area contributed by atoms with Gasteiger partial charge in [0.05, 0.1) is 17.2 Å². The van der Waals surface area contributed by atoms with Gasteiger partial charge in [-0.25, -0.2) is 4.99 Å². The molecule has 1 aliphatic carbocycles. The summed E-state index contributed by atoms with van der Waals surface area (Å²) in [5.74, 6) is 1.33. The predicted octanol–water partition coefficient (Wildman–Crippen LogP) is 8.56. The fourth-order valence-electron chi connectivity index (χ4n) is 4.85. The van der Waals surface area contributed by atoms with Gasteiger partial charge in [-0.05, 0) is 92.1 Å². The van der Waals surface area contributed by atoms with E-state index in [-0.39, 0.29) is 11.9 Å². The lowest BCUT2D eigenvalue weighted by Gasteiger charge is -2.30. The fraction of sp³-hybridized carbons (Fsp3) is 0.312. The van der Waals surface area contributed by atoms with Crippen LogP contribution in [0, 0.1) is 6.92 Å². The third-order valence-electron chi connectivity index (χ3n) is 6.91. The molecule has 1 amide bonds. The van der Waals surface area contributed by atoms with Crippen LogP contribution in [-0.2, 0) is 11.4 Å². The van der Waals surface area contributed by atoms with Crippen LogP contribution in [0.4, 0.5) is 5.69 Å². The number of halogens is 1. The Hall–Kier alpha value is -3.22. The number of ether oxygens (including phenoxy) is 2. The first-order chi connectivity index (χ1) is 19.0. The van der Waals surface area contributed by atoms with E-state index in [1.54, 1.807) is 0 Å². The van der Waals surface area contributed by atoms with Gasteiger partial charge in [0.1, 0.15) is 6.61 Å². The highest BCUT2D eigenvalue weighted by atomic mass is 35.5. The lowest BCUT2D eigenvalue weighted by molar-refractivity contribution is -0.124. The van der Waals surface area contributed by atoms with E-state index in [9.17, 15) is 4.79 Å². The Morgan fingerprint density at radius 1 is 0.974 bits per heavy atom. The molecule has 5 rings (SSSR count). The van der Waals surface area contributed by atoms with Crippen LogP contribution in [0.1, 0.15) is 55.7 Å². The minimum atomic E-state index is 0.0267. The smallest absolute Gasteiger partial charge is 0.267 e. The standard InChI is InChI=1S/C32H33ClN2O3S/c1-3-37-29-19-24(13-18-28(29)38-21-23-11-14-25(33)15-12-23)20-30-31(36)35(27-7-5-4-6-8-27)32(39-30)34-26-16-9-22(2)10-17-26/h9-20,27H,3-8,21H2,1-2H3/b30-20+,34-32?. The second-order valence-corrected chi connectivity index (χ2v) is 11.3. The minimum Gasteiger partial charge on any atom is -0.490 e. The van der Waals surface area contributed by atoms with Crippen molar-refractivity contribution in [1.82, 2.24) is 4.90 Å². The number of hydrogen-bond acceptors (Lipinski definition) is 5. The van der Waals surface area contributed by atoms with Gasteiger partial charge in [0.15, 0.2) is 16.7 Å². The Labute approximate surface area is 239 Å². The van der Waals surface area contributed by atoms with Crippen LogP contribution in [0.2, 0.25) is 5.02 Å². The van der Waals surface area contributed by atoms with Crippen molar-refractivity contribution in [2.45, 2.75) is 58.6 Å². The average Bonchev–Trinajstić information content (AvgIpc) is 3.25. The van der Waals surface area contributed by atoms with E-state index >= 15 is 0 Å². The van der Waals surface area contributed by atoms with Gasteiger partial charge in [-0.15, -0.1) is 0 Å². The summed E-state index contributed by atoms with van der Waals surface area (Å²) in [7, 11) is 0. The molecule has 1 aliphatic heterocycles. The van der Waals surface area contributed by atoms with E-state index in [0.717, 1.165) is 47.7 Å². The van der Waals surface area contributed by atoms with Crippen molar-refractivity contribution in [1.29, 1.82) is 0 Å². The van der Waals surface area contributed by atoms with Crippen molar-refractivity contribution in [3.63, 3.8) is 0 Å². The number of aliphatic imine (C=N–C) groups is 1. The van der Waals surface area contributed by atoms with Gasteiger partial charge in [-0.2, -0.15) is 0 Å². The van der Waals surface area contributed by atoms with Crippen molar-refractivity contribution in [2.75, 3.05) is 6.61 Å². The monoisotopic (exact) mass is 560 g/mol. The summed E-state index contributed by atoms with van der Waals surface area (Å²) in [5, 5.41) is 1.45. The molecule has 2 fully saturated rings. The summed E-state index contributed by atoms with van der Waals surface area (Å²) in [5.41, 5.74) is 3.95. The molecule has 3 aromatic carbocycles. The Morgan fingerprint density at radius 2 is 1.72 bits per heavy atom. The molecule has 1 heterocycles. The number of hydrogen-bond donors (Lipinski definition) is 0. The van der Waals surface area contributed by atoms with Gasteiger partial charge in [0.25, 0.3) is 5.91 Å². The van der Waals surface area contributed by atoms with E-state index < -0.39 is 0 Å². The average molecular weight is 561 g/mol. The molecule has 0 aromatic heterocycles. The predicted molar refractivity (Wildman–Crippen MR) is 161 cm³/mol. The third kappa shape index (κ3) is 6.87. The maximum Gasteiger partial charge on any atom is 0.267 e. The maximum atomic E-state index is 13.7. The van der Waals surface area contributed by atoms with Gasteiger partial charge >= 0.3 is 0 Å². The van der Waals surface area contributed by atoms with Crippen molar-refractivity contribution in [2.24, 2.45) is 4.99 Å². The second-order valence-electron chi connectivity index (χ2n) is 9.86. The lowest BCUT2D eigenvalue weighted by atomic mass is 9.94. The Bertz CT molecular complexity index is 1360. The topological polar surface area (TPSA) is 51.1 Å². The highest BCUT2D eigenvalue weighted by Gasteiger charge is 2.38. The van der Waals surface area contributed by atoms with Crippen molar-refractivity contribution in [3.8, 4) is 11.5 Å². The number of benzene rings is 3. The zero-order valence-corrected chi connectivity index (χ0v) is 23.9. The van der Waals surface area contributed by atoms with Crippen molar-refractivity contribution in [3.05, 3.63) is 93.3 Å². The molecule has 0 radical (unpaired) electrons. The number of amidine groups is 1. The van der Waals surface area contributed by atoms with Crippen LogP contribution in [0.25, 0.3) is 6.08 Å². The molecular formula is C32H33ClN2O3S. The minimum absolute atomic E-state index is 0.0267. The van der Waals surface area contributed by atoms with Gasteiger partial charge < -0.3 is 9.47 Å². The molecule has 39 heavy (non-hydrogen) atoms. The van der Waals surface area contributed by atoms with Gasteiger partial charge in [0, 0.05) is 11.1 Å². The first-order valence-corrected chi connectivity index (χ1v) is 14.7. The molecule has 3 aromatic rings. The SMILES string of the molecule is CCOc1cc(/C=C2/SC(=Nc3ccc(C)cc3)N(C3CCCCC3)C2=O)ccc1OCc1ccc(Cl)cc1. The van der Waals surface area contributed by atoms with E-state index in [1.165, 1.54) is 23.7 Å². The maximum absolute atomic E-state index is 13.7. The summed E-state index contributed by atoms with van der Waals surface area (Å²) in [6.07, 6.45) is 7.48. The van der Waals surface area contributed by atoms with Crippen LogP contribution in [0.15, 0.2) is 76.6 Å². The molecule has 2 aliphatic rings. The quantitative estimate of drug-likeness (QED) is 0.259. The van der Waals surface area contributed by atoms with Crippen LogP contribution in [-0.4, -0.2) is 28.6 Å². The van der Waals surface area contributed by atoms with Crippen LogP contribution in [0.3, 0.4) is 0 Å². The number of rotatable bonds is 8. The normalized spacial score (nSPS) is 18.2. The molecule has 202 valence electrons. The van der Waals surface area contributed by atoms with E-state index in [0.29, 0.717) is 34.6 Å². The number of nitrogens with zero attached hydrogens (tertiary/aromatic N) is 2. The first-order valence-electron chi connectivity index (χ1n) is 13.5. The molecule has 0 spiro atoms. The van der Waals surface area contributed by atoms with E-state index in [1.807, 2.05) is 84.6 Å². The van der Waals surface area contributed by atoms with E-state index in [4.69, 9.17) is 26.1 Å². The fourth-order valence-corrected chi connectivity index (χ4v) is 6.04. The number of amides is 1. The Balaban J connectivity index is 1.40. The van der Waals surface area contributed by atoms with Crippen LogP contribution >= 0.6 is 23.4 Å². The van der Waals surface area contributed by atoms with Crippen molar-refractivity contribution < 1.29 is 14.3 Å². The summed E-state index contributed by atoms with van der Waals surface area (Å²) >= 11 is 7.45. The summed E-state index contributed by atoms with van der Waals surface area (Å²) in [4.78, 5) is 21.2. The van der Waals surface area contributed by atoms with Crippen LogP contribution < -0.4 is 9.47 Å². The highest BCUT2D eigenvalue weighted by Crippen LogP contribution is 2.39. The Kier molecular flexibility index (Phi) is 8.95. The number of aryl methyl sites for hydroxylation is 1. The molecule has 7 heteroatoms. The number of carbonyl (C=O) groups is 1. The zero-order valence-electron chi connectivity index (χ0n) is 22.4. The molecule has 1 saturated heterocycles. The van der Waals surface area contributed by atoms with Gasteiger partial charge in [0.2, 0.25) is 0 Å².